The molecule has 2 aliphatic heterocycles. The number of nitrogens with two attached hydrogens (primary N) is 2. The predicted octanol–water partition coefficient (Wildman–Crippen LogP) is 8.60. The normalized spacial score (nSPS) is 17.1. The Morgan fingerprint density at radius 1 is 0.600 bits per heavy atom. The Hall–Kier alpha value is -4.72. The van der Waals surface area contributed by atoms with E-state index in [0.717, 1.165) is 44.9 Å². The number of aromatic hydroxyl groups is 2. The summed E-state index contributed by atoms with van der Waals surface area (Å²) < 4.78 is 26.9. The third-order valence-electron chi connectivity index (χ3n) is 9.00. The number of aryl methyl sites for hydroxylation is 4. The first kappa shape index (κ1) is 30.3. The summed E-state index contributed by atoms with van der Waals surface area (Å²) >= 11 is 0. The maximum absolute atomic E-state index is 10.2. The van der Waals surface area contributed by atoms with Crippen molar-refractivity contribution in [1.29, 1.82) is 0 Å². The first-order chi connectivity index (χ1) is 21.0. The lowest BCUT2D eigenvalue weighted by atomic mass is 9.68. The van der Waals surface area contributed by atoms with Gasteiger partial charge in [0.25, 0.3) is 5.79 Å². The van der Waals surface area contributed by atoms with Crippen molar-refractivity contribution < 1.29 is 29.2 Å². The van der Waals surface area contributed by atoms with Gasteiger partial charge in [-0.2, -0.15) is 0 Å². The minimum Gasteiger partial charge on any atom is -0.506 e. The molecule has 2 aliphatic rings. The molecule has 0 saturated carbocycles. The van der Waals surface area contributed by atoms with Crippen LogP contribution in [-0.2, 0) is 10.8 Å². The monoisotopic (exact) mass is 610 g/mol. The fraction of sp³-hybridized carbons (Fsp3) is 0.351. The van der Waals surface area contributed by atoms with E-state index in [1.54, 1.807) is 24.3 Å². The molecule has 0 aromatic heterocycles. The number of nitrogen functional groups attached to an aromatic ring is 2. The van der Waals surface area contributed by atoms with Gasteiger partial charge in [0.1, 0.15) is 46.0 Å². The maximum atomic E-state index is 10.2. The van der Waals surface area contributed by atoms with Crippen LogP contribution in [0.5, 0.6) is 46.0 Å². The summed E-state index contributed by atoms with van der Waals surface area (Å²) in [6.45, 7) is 16.9. The SMILES string of the molecule is Cc1cc(C)c2c(c1Oc1ccc(N)c(O)c1)C(C)(C)CC1(CC(C)(C)c3c(Oc4ccc(N)c(O)c4)c(C)cc(C)c3O1)O2. The predicted molar refractivity (Wildman–Crippen MR) is 176 cm³/mol. The van der Waals surface area contributed by atoms with Gasteiger partial charge in [0.15, 0.2) is 0 Å². The average Bonchev–Trinajstić information content (AvgIpc) is 2.92. The second-order valence-electron chi connectivity index (χ2n) is 14.0. The van der Waals surface area contributed by atoms with Gasteiger partial charge in [-0.1, -0.05) is 27.7 Å². The molecule has 1 spiro atoms. The first-order valence-corrected chi connectivity index (χ1v) is 15.2. The molecule has 0 saturated heterocycles. The molecule has 4 aromatic rings. The Bertz CT molecular complexity index is 1720. The Kier molecular flexibility index (Phi) is 6.84. The van der Waals surface area contributed by atoms with Gasteiger partial charge < -0.3 is 40.6 Å². The highest BCUT2D eigenvalue weighted by atomic mass is 16.7. The van der Waals surface area contributed by atoms with Crippen molar-refractivity contribution in [3.8, 4) is 46.0 Å². The Morgan fingerprint density at radius 2 is 0.978 bits per heavy atom. The molecular formula is C37H42N2O6. The topological polar surface area (TPSA) is 129 Å². The summed E-state index contributed by atoms with van der Waals surface area (Å²) in [4.78, 5) is 0. The maximum Gasteiger partial charge on any atom is 0.253 e. The van der Waals surface area contributed by atoms with Gasteiger partial charge in [0.05, 0.1) is 11.4 Å². The zero-order valence-corrected chi connectivity index (χ0v) is 27.2. The van der Waals surface area contributed by atoms with E-state index in [4.69, 9.17) is 30.4 Å². The van der Waals surface area contributed by atoms with Crippen LogP contribution < -0.4 is 30.4 Å². The van der Waals surface area contributed by atoms with Crippen molar-refractivity contribution in [2.75, 3.05) is 11.5 Å². The van der Waals surface area contributed by atoms with Crippen molar-refractivity contribution in [3.63, 3.8) is 0 Å². The molecule has 2 heterocycles. The fourth-order valence-corrected chi connectivity index (χ4v) is 7.19. The van der Waals surface area contributed by atoms with E-state index in [-0.39, 0.29) is 11.5 Å². The molecule has 0 radical (unpaired) electrons. The minimum absolute atomic E-state index is 0.0285. The van der Waals surface area contributed by atoms with Crippen LogP contribution in [0.3, 0.4) is 0 Å². The Balaban J connectivity index is 1.44. The van der Waals surface area contributed by atoms with Crippen LogP contribution in [0.1, 0.15) is 73.9 Å². The largest absolute Gasteiger partial charge is 0.506 e. The second-order valence-corrected chi connectivity index (χ2v) is 14.0. The molecule has 4 aromatic carbocycles. The van der Waals surface area contributed by atoms with E-state index in [2.05, 4.69) is 39.8 Å². The van der Waals surface area contributed by atoms with E-state index in [1.807, 2.05) is 27.7 Å². The van der Waals surface area contributed by atoms with E-state index < -0.39 is 16.6 Å². The lowest BCUT2D eigenvalue weighted by Gasteiger charge is -2.52. The van der Waals surface area contributed by atoms with Crippen LogP contribution in [0.2, 0.25) is 0 Å². The van der Waals surface area contributed by atoms with Crippen molar-refractivity contribution in [3.05, 3.63) is 81.9 Å². The first-order valence-electron chi connectivity index (χ1n) is 15.2. The molecule has 236 valence electrons. The highest BCUT2D eigenvalue weighted by Crippen LogP contribution is 2.59. The summed E-state index contributed by atoms with van der Waals surface area (Å²) in [6.07, 6.45) is 1.13. The third kappa shape index (κ3) is 5.12. The number of phenolic OH excluding ortho intramolecular Hbond substituents is 2. The lowest BCUT2D eigenvalue weighted by Crippen LogP contribution is -2.56. The van der Waals surface area contributed by atoms with E-state index in [9.17, 15) is 10.2 Å². The zero-order chi connectivity index (χ0) is 32.6. The van der Waals surface area contributed by atoms with E-state index in [1.165, 1.54) is 12.1 Å². The van der Waals surface area contributed by atoms with Crippen molar-refractivity contribution in [2.45, 2.75) is 84.8 Å². The summed E-state index contributed by atoms with van der Waals surface area (Å²) in [5.41, 5.74) is 17.3. The van der Waals surface area contributed by atoms with Gasteiger partial charge in [-0.3, -0.25) is 0 Å². The number of anilines is 2. The molecular weight excluding hydrogens is 568 g/mol. The Labute approximate surface area is 264 Å². The molecule has 8 nitrogen and oxygen atoms in total. The highest BCUT2D eigenvalue weighted by molar-refractivity contribution is 5.64. The number of benzene rings is 4. The van der Waals surface area contributed by atoms with Gasteiger partial charge >= 0.3 is 0 Å². The highest BCUT2D eigenvalue weighted by Gasteiger charge is 2.55. The van der Waals surface area contributed by atoms with Gasteiger partial charge in [-0.25, -0.2) is 0 Å². The van der Waals surface area contributed by atoms with Gasteiger partial charge in [0, 0.05) is 46.9 Å². The number of rotatable bonds is 4. The van der Waals surface area contributed by atoms with Crippen LogP contribution in [0, 0.1) is 27.7 Å². The number of fused-ring (bicyclic) bond motifs is 2. The number of hydrogen-bond acceptors (Lipinski definition) is 8. The lowest BCUT2D eigenvalue weighted by molar-refractivity contribution is -0.167. The van der Waals surface area contributed by atoms with Crippen molar-refractivity contribution >= 4 is 11.4 Å². The summed E-state index contributed by atoms with van der Waals surface area (Å²) in [5.74, 6) is 2.84. The minimum atomic E-state index is -0.958. The molecule has 0 atom stereocenters. The van der Waals surface area contributed by atoms with Crippen molar-refractivity contribution in [2.24, 2.45) is 0 Å². The smallest absolute Gasteiger partial charge is 0.253 e. The van der Waals surface area contributed by atoms with Gasteiger partial charge in [-0.05, 0) is 86.3 Å². The van der Waals surface area contributed by atoms with Gasteiger partial charge in [0.2, 0.25) is 0 Å². The quantitative estimate of drug-likeness (QED) is 0.134. The molecule has 0 bridgehead atoms. The molecule has 0 unspecified atom stereocenters. The van der Waals surface area contributed by atoms with E-state index in [0.29, 0.717) is 47.2 Å². The second kappa shape index (κ2) is 10.2. The van der Waals surface area contributed by atoms with Gasteiger partial charge in [-0.15, -0.1) is 0 Å². The Morgan fingerprint density at radius 3 is 1.33 bits per heavy atom. The number of hydrogen-bond donors (Lipinski definition) is 4. The molecule has 0 fully saturated rings. The number of ether oxygens (including phenoxy) is 4. The molecule has 8 heteroatoms. The summed E-state index contributed by atoms with van der Waals surface area (Å²) in [7, 11) is 0. The van der Waals surface area contributed by atoms with Crippen molar-refractivity contribution in [1.82, 2.24) is 0 Å². The van der Waals surface area contributed by atoms with E-state index >= 15 is 0 Å². The van der Waals surface area contributed by atoms with Crippen LogP contribution in [0.25, 0.3) is 0 Å². The molecule has 45 heavy (non-hydrogen) atoms. The molecule has 0 amide bonds. The molecule has 0 aliphatic carbocycles. The molecule has 6 rings (SSSR count). The summed E-state index contributed by atoms with van der Waals surface area (Å²) in [6, 6.07) is 13.9. The van der Waals surface area contributed by atoms with Crippen LogP contribution >= 0.6 is 0 Å². The zero-order valence-electron chi connectivity index (χ0n) is 27.2. The molecule has 6 N–H and O–H groups in total. The average molecular weight is 611 g/mol. The third-order valence-corrected chi connectivity index (χ3v) is 9.00. The van der Waals surface area contributed by atoms with Crippen LogP contribution in [0.4, 0.5) is 11.4 Å². The fourth-order valence-electron chi connectivity index (χ4n) is 7.19. The van der Waals surface area contributed by atoms with Crippen LogP contribution in [-0.4, -0.2) is 16.0 Å². The standard InChI is InChI=1S/C37H42N2O6/c1-19-13-21(3)33-29(31(19)42-23-9-11-25(38)27(40)15-23)35(5,6)17-37(44-33)18-36(7,8)30-32(20(2)14-22(4)34(30)45-37)43-24-10-12-26(39)28(41)16-24/h9-16,40-41H,17-18,38-39H2,1-8H3. The number of phenols is 2. The van der Waals surface area contributed by atoms with Crippen LogP contribution in [0.15, 0.2) is 48.5 Å². The summed E-state index contributed by atoms with van der Waals surface area (Å²) in [5, 5.41) is 20.4.